The molecule has 1 aromatic carbocycles. The Morgan fingerprint density at radius 1 is 1.04 bits per heavy atom. The Morgan fingerprint density at radius 3 is 2.46 bits per heavy atom. The van der Waals surface area contributed by atoms with Gasteiger partial charge in [0.15, 0.2) is 22.7 Å². The Morgan fingerprint density at radius 2 is 1.77 bits per heavy atom. The lowest BCUT2D eigenvalue weighted by Crippen LogP contribution is -2.38. The molecule has 26 heavy (non-hydrogen) atoms. The minimum Gasteiger partial charge on any atom is -0.368 e. The molecule has 3 aromatic rings. The van der Waals surface area contributed by atoms with Crippen molar-refractivity contribution in [2.75, 3.05) is 11.9 Å². The van der Waals surface area contributed by atoms with Gasteiger partial charge in [0.05, 0.1) is 0 Å². The summed E-state index contributed by atoms with van der Waals surface area (Å²) in [6, 6.07) is 9.51. The lowest BCUT2D eigenvalue weighted by atomic mass is 10.2. The van der Waals surface area contributed by atoms with Crippen molar-refractivity contribution in [3.63, 3.8) is 0 Å². The molecule has 132 valence electrons. The van der Waals surface area contributed by atoms with Crippen molar-refractivity contribution in [3.05, 3.63) is 62.4 Å². The first-order valence-corrected chi connectivity index (χ1v) is 8.31. The molecule has 0 aliphatic rings. The maximum absolute atomic E-state index is 12.4. The number of aryl methyl sites for hydroxylation is 1. The van der Waals surface area contributed by atoms with Crippen LogP contribution in [0.4, 0.5) is 5.82 Å². The molecule has 0 saturated carbocycles. The largest absolute Gasteiger partial charge is 0.368 e. The standard InChI is InChI=1S/C19H19N5O2/c1-4-12-20-16-14(11-10-13-8-6-5-7-9-13)21-17-15(22-16)18(25)24(3)19(26)23(17)2/h5-9H,4,12H2,1-3H3,(H,20,22). The van der Waals surface area contributed by atoms with E-state index in [1.165, 1.54) is 11.6 Å². The second-order valence-electron chi connectivity index (χ2n) is 5.84. The molecule has 7 nitrogen and oxygen atoms in total. The van der Waals surface area contributed by atoms with Gasteiger partial charge in [-0.1, -0.05) is 31.0 Å². The van der Waals surface area contributed by atoms with Crippen molar-refractivity contribution in [1.29, 1.82) is 0 Å². The summed E-state index contributed by atoms with van der Waals surface area (Å²) in [6.07, 6.45) is 0.885. The number of hydrogen-bond acceptors (Lipinski definition) is 5. The lowest BCUT2D eigenvalue weighted by molar-refractivity contribution is 0.704. The first-order valence-electron chi connectivity index (χ1n) is 8.31. The fourth-order valence-electron chi connectivity index (χ4n) is 2.47. The highest BCUT2D eigenvalue weighted by Crippen LogP contribution is 2.13. The highest BCUT2D eigenvalue weighted by molar-refractivity contribution is 5.73. The molecule has 0 amide bonds. The number of rotatable bonds is 3. The van der Waals surface area contributed by atoms with Gasteiger partial charge in [-0.2, -0.15) is 0 Å². The van der Waals surface area contributed by atoms with Crippen LogP contribution in [0.15, 0.2) is 39.9 Å². The molecular weight excluding hydrogens is 330 g/mol. The molecule has 0 atom stereocenters. The van der Waals surface area contributed by atoms with Gasteiger partial charge in [-0.3, -0.25) is 13.9 Å². The van der Waals surface area contributed by atoms with E-state index in [1.807, 2.05) is 37.3 Å². The van der Waals surface area contributed by atoms with Crippen molar-refractivity contribution < 1.29 is 0 Å². The third kappa shape index (κ3) is 3.22. The number of aromatic nitrogens is 4. The number of benzene rings is 1. The zero-order valence-electron chi connectivity index (χ0n) is 14.9. The first kappa shape index (κ1) is 17.4. The van der Waals surface area contributed by atoms with Gasteiger partial charge in [0.1, 0.15) is 0 Å². The molecule has 0 aliphatic carbocycles. The smallest absolute Gasteiger partial charge is 0.332 e. The predicted octanol–water partition coefficient (Wildman–Crippen LogP) is 1.25. The van der Waals surface area contributed by atoms with Gasteiger partial charge in [-0.05, 0) is 24.5 Å². The summed E-state index contributed by atoms with van der Waals surface area (Å²) >= 11 is 0. The SMILES string of the molecule is CCCNc1nc2c(=O)n(C)c(=O)n(C)c2nc1C#Cc1ccccc1. The number of hydrogen-bond donors (Lipinski definition) is 1. The van der Waals surface area contributed by atoms with Gasteiger partial charge < -0.3 is 5.32 Å². The zero-order chi connectivity index (χ0) is 18.7. The fraction of sp³-hybridized carbons (Fsp3) is 0.263. The molecule has 3 rings (SSSR count). The predicted molar refractivity (Wildman–Crippen MR) is 101 cm³/mol. The lowest BCUT2D eigenvalue weighted by Gasteiger charge is -2.10. The van der Waals surface area contributed by atoms with Crippen LogP contribution in [0, 0.1) is 11.8 Å². The van der Waals surface area contributed by atoms with Gasteiger partial charge in [0.25, 0.3) is 5.56 Å². The zero-order valence-corrected chi connectivity index (χ0v) is 14.9. The summed E-state index contributed by atoms with van der Waals surface area (Å²) in [6.45, 7) is 2.70. The molecule has 2 heterocycles. The summed E-state index contributed by atoms with van der Waals surface area (Å²) in [5.74, 6) is 6.48. The van der Waals surface area contributed by atoms with Crippen LogP contribution in [0.3, 0.4) is 0 Å². The third-order valence-electron chi connectivity index (χ3n) is 3.92. The summed E-state index contributed by atoms with van der Waals surface area (Å²) in [4.78, 5) is 33.4. The summed E-state index contributed by atoms with van der Waals surface area (Å²) in [7, 11) is 2.99. The Labute approximate surface area is 150 Å². The topological polar surface area (TPSA) is 81.8 Å². The molecule has 0 aliphatic heterocycles. The maximum Gasteiger partial charge on any atom is 0.332 e. The minimum atomic E-state index is -0.474. The minimum absolute atomic E-state index is 0.137. The van der Waals surface area contributed by atoms with Gasteiger partial charge in [0, 0.05) is 26.2 Å². The van der Waals surface area contributed by atoms with Crippen molar-refractivity contribution >= 4 is 17.0 Å². The third-order valence-corrected chi connectivity index (χ3v) is 3.92. The van der Waals surface area contributed by atoms with E-state index in [0.29, 0.717) is 18.1 Å². The Hall–Kier alpha value is -3.40. The molecular formula is C19H19N5O2. The first-order chi connectivity index (χ1) is 12.5. The number of nitrogens with zero attached hydrogens (tertiary/aromatic N) is 4. The fourth-order valence-corrected chi connectivity index (χ4v) is 2.47. The van der Waals surface area contributed by atoms with Crippen LogP contribution in [0.25, 0.3) is 11.2 Å². The van der Waals surface area contributed by atoms with E-state index in [2.05, 4.69) is 27.1 Å². The van der Waals surface area contributed by atoms with Crippen LogP contribution < -0.4 is 16.6 Å². The van der Waals surface area contributed by atoms with Crippen LogP contribution in [-0.4, -0.2) is 25.6 Å². The molecule has 7 heteroatoms. The number of nitrogens with one attached hydrogen (secondary N) is 1. The van der Waals surface area contributed by atoms with Crippen molar-refractivity contribution in [2.45, 2.75) is 13.3 Å². The van der Waals surface area contributed by atoms with E-state index < -0.39 is 11.2 Å². The normalized spacial score (nSPS) is 10.4. The monoisotopic (exact) mass is 349 g/mol. The van der Waals surface area contributed by atoms with Crippen LogP contribution in [0.5, 0.6) is 0 Å². The molecule has 0 bridgehead atoms. The highest BCUT2D eigenvalue weighted by atomic mass is 16.2. The van der Waals surface area contributed by atoms with E-state index in [0.717, 1.165) is 16.6 Å². The molecule has 0 spiro atoms. The van der Waals surface area contributed by atoms with E-state index >= 15 is 0 Å². The van der Waals surface area contributed by atoms with Crippen molar-refractivity contribution in [2.24, 2.45) is 14.1 Å². The van der Waals surface area contributed by atoms with Gasteiger partial charge in [-0.15, -0.1) is 0 Å². The number of anilines is 1. The number of fused-ring (bicyclic) bond motifs is 1. The second-order valence-corrected chi connectivity index (χ2v) is 5.84. The Balaban J connectivity index is 2.25. The van der Waals surface area contributed by atoms with Crippen LogP contribution in [0.2, 0.25) is 0 Å². The molecule has 0 radical (unpaired) electrons. The van der Waals surface area contributed by atoms with Gasteiger partial charge in [0.2, 0.25) is 0 Å². The second kappa shape index (κ2) is 7.23. The molecule has 0 fully saturated rings. The van der Waals surface area contributed by atoms with E-state index in [-0.39, 0.29) is 11.2 Å². The van der Waals surface area contributed by atoms with Crippen molar-refractivity contribution in [1.82, 2.24) is 19.1 Å². The summed E-state index contributed by atoms with van der Waals surface area (Å²) < 4.78 is 2.33. The van der Waals surface area contributed by atoms with E-state index in [4.69, 9.17) is 0 Å². The van der Waals surface area contributed by atoms with E-state index in [1.54, 1.807) is 7.05 Å². The van der Waals surface area contributed by atoms with Crippen LogP contribution in [0.1, 0.15) is 24.6 Å². The Kier molecular flexibility index (Phi) is 4.85. The molecule has 0 unspecified atom stereocenters. The van der Waals surface area contributed by atoms with Crippen LogP contribution in [-0.2, 0) is 14.1 Å². The Bertz CT molecular complexity index is 1130. The van der Waals surface area contributed by atoms with E-state index in [9.17, 15) is 9.59 Å². The average Bonchev–Trinajstić information content (AvgIpc) is 2.68. The molecule has 1 N–H and O–H groups in total. The quantitative estimate of drug-likeness (QED) is 0.720. The maximum atomic E-state index is 12.4. The van der Waals surface area contributed by atoms with Gasteiger partial charge >= 0.3 is 5.69 Å². The molecule has 0 saturated heterocycles. The highest BCUT2D eigenvalue weighted by Gasteiger charge is 2.15. The van der Waals surface area contributed by atoms with Crippen molar-refractivity contribution in [3.8, 4) is 11.8 Å². The summed E-state index contributed by atoms with van der Waals surface area (Å²) in [5, 5.41) is 3.16. The van der Waals surface area contributed by atoms with Gasteiger partial charge in [-0.25, -0.2) is 14.8 Å². The average molecular weight is 349 g/mol. The van der Waals surface area contributed by atoms with Crippen LogP contribution >= 0.6 is 0 Å². The summed E-state index contributed by atoms with van der Waals surface area (Å²) in [5.41, 5.74) is 0.675. The molecule has 2 aromatic heterocycles.